The number of aliphatic imine (C=N–C) groups is 1. The van der Waals surface area contributed by atoms with E-state index >= 15 is 0 Å². The number of hydrogen-bond acceptors (Lipinski definition) is 8. The van der Waals surface area contributed by atoms with Crippen LogP contribution in [0.3, 0.4) is 0 Å². The van der Waals surface area contributed by atoms with Crippen molar-refractivity contribution in [1.82, 2.24) is 9.97 Å². The van der Waals surface area contributed by atoms with Crippen LogP contribution in [-0.2, 0) is 21.4 Å². The highest BCUT2D eigenvalue weighted by Crippen LogP contribution is 2.62. The molecule has 0 radical (unpaired) electrons. The van der Waals surface area contributed by atoms with Gasteiger partial charge in [0, 0.05) is 5.56 Å². The Balaban J connectivity index is 1.62. The lowest BCUT2D eigenvalue weighted by Crippen LogP contribution is -2.71. The second-order valence-electron chi connectivity index (χ2n) is 8.61. The SMILES string of the molecule is C=c1cnc(=C([O-])Cc2ccc3c(c2)C2(COC(N)=N2)C2(COC2)C(C)(C)O3)cn1. The van der Waals surface area contributed by atoms with Crippen LogP contribution in [0.2, 0.25) is 0 Å². The topological polar surface area (TPSA) is 115 Å². The lowest BCUT2D eigenvalue weighted by molar-refractivity contribution is -0.252. The van der Waals surface area contributed by atoms with E-state index in [0.717, 1.165) is 16.9 Å². The minimum absolute atomic E-state index is 0.124. The molecule has 0 amide bonds. The standard InChI is InChI=1S/C22H24N4O4/c1-13-8-25-16(9-24-13)17(27)7-14-4-5-18-15(6-14)22(12-29-19(23)26-22)21(10-28-11-21)20(2,3)30-18/h4-6,8-9,27H,1,7,10-12H2,2-3H3,(H2,23,26)/p-1. The highest BCUT2D eigenvalue weighted by Gasteiger charge is 2.71. The van der Waals surface area contributed by atoms with Crippen molar-refractivity contribution in [3.05, 3.63) is 52.4 Å². The highest BCUT2D eigenvalue weighted by atomic mass is 16.5. The van der Waals surface area contributed by atoms with Crippen molar-refractivity contribution in [2.24, 2.45) is 16.1 Å². The number of rotatable bonds is 2. The number of benzene rings is 1. The van der Waals surface area contributed by atoms with Crippen LogP contribution in [0.1, 0.15) is 25.0 Å². The van der Waals surface area contributed by atoms with Crippen LogP contribution >= 0.6 is 0 Å². The van der Waals surface area contributed by atoms with E-state index in [4.69, 9.17) is 24.9 Å². The fraction of sp³-hybridized carbons (Fsp3) is 0.409. The third kappa shape index (κ3) is 2.46. The summed E-state index contributed by atoms with van der Waals surface area (Å²) in [5, 5.41) is 13.5. The molecule has 3 aliphatic rings. The van der Waals surface area contributed by atoms with Gasteiger partial charge in [-0.05, 0) is 38.0 Å². The van der Waals surface area contributed by atoms with Gasteiger partial charge in [0.15, 0.2) is 0 Å². The summed E-state index contributed by atoms with van der Waals surface area (Å²) in [5.74, 6) is 0.595. The predicted octanol–water partition coefficient (Wildman–Crippen LogP) is -0.674. The summed E-state index contributed by atoms with van der Waals surface area (Å²) in [4.78, 5) is 13.0. The first-order valence-corrected chi connectivity index (χ1v) is 9.82. The van der Waals surface area contributed by atoms with E-state index < -0.39 is 16.6 Å². The molecule has 8 nitrogen and oxygen atoms in total. The number of hydrogen-bond donors (Lipinski definition) is 1. The number of nitrogens with two attached hydrogens (primary N) is 1. The van der Waals surface area contributed by atoms with Crippen LogP contribution in [0.25, 0.3) is 12.3 Å². The van der Waals surface area contributed by atoms with Gasteiger partial charge in [0.25, 0.3) is 6.02 Å². The summed E-state index contributed by atoms with van der Waals surface area (Å²) in [6.45, 7) is 9.10. The average molecular weight is 407 g/mol. The number of ether oxygens (including phenoxy) is 3. The number of fused-ring (bicyclic) bond motifs is 3. The fourth-order valence-corrected chi connectivity index (χ4v) is 4.71. The molecule has 4 heterocycles. The maximum absolute atomic E-state index is 12.7. The largest absolute Gasteiger partial charge is 0.874 e. The molecular formula is C22H23N4O4-. The molecule has 30 heavy (non-hydrogen) atoms. The molecule has 8 heteroatoms. The van der Waals surface area contributed by atoms with Gasteiger partial charge in [-0.1, -0.05) is 12.6 Å². The van der Waals surface area contributed by atoms with Crippen molar-refractivity contribution in [3.63, 3.8) is 0 Å². The Morgan fingerprint density at radius 1 is 1.20 bits per heavy atom. The number of aromatic nitrogens is 2. The molecule has 1 fully saturated rings. The molecule has 0 aliphatic carbocycles. The van der Waals surface area contributed by atoms with Crippen molar-refractivity contribution in [2.45, 2.75) is 31.4 Å². The van der Waals surface area contributed by atoms with Gasteiger partial charge in [0.2, 0.25) is 0 Å². The quantitative estimate of drug-likeness (QED) is 0.702. The second-order valence-corrected chi connectivity index (χ2v) is 8.61. The molecule has 5 rings (SSSR count). The Labute approximate surface area is 173 Å². The van der Waals surface area contributed by atoms with Gasteiger partial charge < -0.3 is 25.1 Å². The summed E-state index contributed by atoms with van der Waals surface area (Å²) in [7, 11) is 0. The maximum atomic E-state index is 12.7. The summed E-state index contributed by atoms with van der Waals surface area (Å²) >= 11 is 0. The van der Waals surface area contributed by atoms with E-state index in [0.29, 0.717) is 30.5 Å². The molecule has 1 aromatic heterocycles. The zero-order chi connectivity index (χ0) is 21.1. The molecule has 1 aromatic carbocycles. The molecule has 3 aliphatic heterocycles. The Bertz CT molecular complexity index is 1150. The minimum atomic E-state index is -0.721. The predicted molar refractivity (Wildman–Crippen MR) is 108 cm³/mol. The van der Waals surface area contributed by atoms with Crippen molar-refractivity contribution in [2.75, 3.05) is 19.8 Å². The number of nitrogens with zero attached hydrogens (tertiary/aromatic N) is 3. The molecule has 2 spiro atoms. The molecule has 2 aromatic rings. The molecule has 1 atom stereocenters. The zero-order valence-electron chi connectivity index (χ0n) is 17.0. The first-order valence-electron chi connectivity index (χ1n) is 9.82. The van der Waals surface area contributed by atoms with Gasteiger partial charge in [-0.15, -0.1) is 5.76 Å². The van der Waals surface area contributed by atoms with E-state index in [-0.39, 0.29) is 18.2 Å². The fourth-order valence-electron chi connectivity index (χ4n) is 4.71. The third-order valence-electron chi connectivity index (χ3n) is 6.58. The first kappa shape index (κ1) is 18.9. The Hall–Kier alpha value is -3.13. The van der Waals surface area contributed by atoms with E-state index in [2.05, 4.69) is 16.5 Å². The summed E-state index contributed by atoms with van der Waals surface area (Å²) in [6, 6.07) is 5.91. The molecule has 156 valence electrons. The minimum Gasteiger partial charge on any atom is -0.874 e. The maximum Gasteiger partial charge on any atom is 0.283 e. The van der Waals surface area contributed by atoms with Crippen molar-refractivity contribution < 1.29 is 19.3 Å². The molecule has 0 bridgehead atoms. The van der Waals surface area contributed by atoms with Gasteiger partial charge >= 0.3 is 0 Å². The average Bonchev–Trinajstić information content (AvgIpc) is 3.03. The van der Waals surface area contributed by atoms with Crippen LogP contribution in [-0.4, -0.2) is 41.4 Å². The van der Waals surface area contributed by atoms with Crippen LogP contribution < -0.4 is 26.3 Å². The first-order chi connectivity index (χ1) is 14.3. The van der Waals surface area contributed by atoms with Crippen LogP contribution in [0.5, 0.6) is 5.75 Å². The summed E-state index contributed by atoms with van der Waals surface area (Å²) < 4.78 is 17.7. The van der Waals surface area contributed by atoms with E-state index in [1.54, 1.807) is 0 Å². The summed E-state index contributed by atoms with van der Waals surface area (Å²) in [5.41, 5.74) is 6.01. The third-order valence-corrected chi connectivity index (χ3v) is 6.58. The van der Waals surface area contributed by atoms with E-state index in [1.807, 2.05) is 32.0 Å². The molecule has 2 N–H and O–H groups in total. The number of amidine groups is 1. The molecular weight excluding hydrogens is 384 g/mol. The van der Waals surface area contributed by atoms with E-state index in [1.165, 1.54) is 12.4 Å². The normalized spacial score (nSPS) is 26.3. The van der Waals surface area contributed by atoms with Crippen LogP contribution in [0.4, 0.5) is 0 Å². The summed E-state index contributed by atoms with van der Waals surface area (Å²) in [6.07, 6.45) is 3.12. The van der Waals surface area contributed by atoms with Crippen molar-refractivity contribution in [3.8, 4) is 5.75 Å². The van der Waals surface area contributed by atoms with Gasteiger partial charge in [-0.3, -0.25) is 9.97 Å². The van der Waals surface area contributed by atoms with Gasteiger partial charge in [0.1, 0.15) is 23.5 Å². The van der Waals surface area contributed by atoms with E-state index in [9.17, 15) is 5.11 Å². The lowest BCUT2D eigenvalue weighted by Gasteiger charge is -2.61. The Kier molecular flexibility index (Phi) is 3.89. The van der Waals surface area contributed by atoms with Gasteiger partial charge in [-0.25, -0.2) is 4.99 Å². The van der Waals surface area contributed by atoms with Crippen LogP contribution in [0, 0.1) is 5.41 Å². The van der Waals surface area contributed by atoms with Crippen molar-refractivity contribution in [1.29, 1.82) is 0 Å². The van der Waals surface area contributed by atoms with Gasteiger partial charge in [-0.2, -0.15) is 0 Å². The second kappa shape index (κ2) is 6.18. The Morgan fingerprint density at radius 2 is 2.00 bits per heavy atom. The van der Waals surface area contributed by atoms with Crippen LogP contribution in [0.15, 0.2) is 35.6 Å². The van der Waals surface area contributed by atoms with Gasteiger partial charge in [0.05, 0.1) is 41.7 Å². The van der Waals surface area contributed by atoms with Crippen molar-refractivity contribution >= 4 is 18.4 Å². The smallest absolute Gasteiger partial charge is 0.283 e. The monoisotopic (exact) mass is 407 g/mol. The lowest BCUT2D eigenvalue weighted by atomic mass is 9.55. The molecule has 1 unspecified atom stereocenters. The Morgan fingerprint density at radius 3 is 2.60 bits per heavy atom. The zero-order valence-corrected chi connectivity index (χ0v) is 17.0. The molecule has 1 saturated heterocycles. The molecule has 0 saturated carbocycles. The highest BCUT2D eigenvalue weighted by molar-refractivity contribution is 5.75.